The van der Waals surface area contributed by atoms with E-state index in [2.05, 4.69) is 18.7 Å². The van der Waals surface area contributed by atoms with Crippen LogP contribution in [0.1, 0.15) is 39.5 Å². The summed E-state index contributed by atoms with van der Waals surface area (Å²) in [7, 11) is 0. The topological polar surface area (TPSA) is 27.1 Å². The van der Waals surface area contributed by atoms with Crippen molar-refractivity contribution in [1.29, 1.82) is 5.41 Å². The van der Waals surface area contributed by atoms with E-state index in [1.807, 2.05) is 0 Å². The molecule has 74 valence electrons. The predicted octanol–water partition coefficient (Wildman–Crippen LogP) is 2.49. The Morgan fingerprint density at radius 2 is 2.08 bits per heavy atom. The molecule has 1 saturated heterocycles. The molecular formula is C11H20N2. The van der Waals surface area contributed by atoms with Gasteiger partial charge in [-0.1, -0.05) is 13.8 Å². The lowest BCUT2D eigenvalue weighted by atomic mass is 9.98. The summed E-state index contributed by atoms with van der Waals surface area (Å²) < 4.78 is 0. The number of likely N-dealkylation sites (tertiary alicyclic amines) is 1. The molecule has 1 saturated carbocycles. The summed E-state index contributed by atoms with van der Waals surface area (Å²) in [6.07, 6.45) is 5.00. The zero-order chi connectivity index (χ0) is 9.42. The molecule has 1 N–H and O–H groups in total. The van der Waals surface area contributed by atoms with Gasteiger partial charge in [0.1, 0.15) is 0 Å². The van der Waals surface area contributed by atoms with Crippen molar-refractivity contribution in [2.45, 2.75) is 45.6 Å². The molecule has 1 aliphatic carbocycles. The van der Waals surface area contributed by atoms with Gasteiger partial charge < -0.3 is 4.90 Å². The minimum atomic E-state index is 0.676. The molecule has 1 aliphatic heterocycles. The molecule has 0 aromatic carbocycles. The van der Waals surface area contributed by atoms with Gasteiger partial charge in [0.15, 0.2) is 0 Å². The summed E-state index contributed by atoms with van der Waals surface area (Å²) in [5.41, 5.74) is 0. The molecule has 0 radical (unpaired) electrons. The van der Waals surface area contributed by atoms with E-state index >= 15 is 0 Å². The van der Waals surface area contributed by atoms with Crippen LogP contribution in [0.3, 0.4) is 0 Å². The highest BCUT2D eigenvalue weighted by molar-refractivity contribution is 5.81. The molecule has 2 heteroatoms. The van der Waals surface area contributed by atoms with Crippen molar-refractivity contribution in [2.24, 2.45) is 11.8 Å². The molecule has 0 aromatic rings. The highest BCUT2D eigenvalue weighted by Crippen LogP contribution is 2.40. The van der Waals surface area contributed by atoms with Crippen LogP contribution in [0.2, 0.25) is 0 Å². The summed E-state index contributed by atoms with van der Waals surface area (Å²) >= 11 is 0. The molecule has 1 heterocycles. The Hall–Kier alpha value is -0.530. The van der Waals surface area contributed by atoms with Crippen LogP contribution in [0.4, 0.5) is 0 Å². The Morgan fingerprint density at radius 3 is 2.46 bits per heavy atom. The number of nitrogens with zero attached hydrogens (tertiary/aromatic N) is 1. The van der Waals surface area contributed by atoms with Gasteiger partial charge in [-0.05, 0) is 31.1 Å². The molecule has 2 rings (SSSR count). The van der Waals surface area contributed by atoms with E-state index in [4.69, 9.17) is 5.41 Å². The first-order valence-corrected chi connectivity index (χ1v) is 5.54. The number of hydrogen-bond acceptors (Lipinski definition) is 1. The normalized spacial score (nSPS) is 25.8. The molecule has 1 unspecified atom stereocenters. The predicted molar refractivity (Wildman–Crippen MR) is 55.0 cm³/mol. The lowest BCUT2D eigenvalue weighted by Gasteiger charge is -2.32. The largest absolute Gasteiger partial charge is 0.357 e. The highest BCUT2D eigenvalue weighted by atomic mass is 15.2. The van der Waals surface area contributed by atoms with Crippen LogP contribution in [0, 0.1) is 17.2 Å². The van der Waals surface area contributed by atoms with Crippen molar-refractivity contribution >= 4 is 5.84 Å². The number of rotatable bonds is 3. The Labute approximate surface area is 80.8 Å². The van der Waals surface area contributed by atoms with Crippen LogP contribution in [-0.2, 0) is 0 Å². The lowest BCUT2D eigenvalue weighted by molar-refractivity contribution is 0.234. The molecule has 0 spiro atoms. The SMILES string of the molecule is CC(C)C(C1CC1)N1CCCC1=N. The Kier molecular flexibility index (Phi) is 2.31. The van der Waals surface area contributed by atoms with E-state index in [0.29, 0.717) is 12.0 Å². The summed E-state index contributed by atoms with van der Waals surface area (Å²) in [4.78, 5) is 2.36. The van der Waals surface area contributed by atoms with Gasteiger partial charge in [-0.25, -0.2) is 0 Å². The van der Waals surface area contributed by atoms with Crippen molar-refractivity contribution < 1.29 is 0 Å². The maximum absolute atomic E-state index is 7.88. The quantitative estimate of drug-likeness (QED) is 0.710. The van der Waals surface area contributed by atoms with Gasteiger partial charge in [0.05, 0.1) is 5.84 Å². The fourth-order valence-electron chi connectivity index (χ4n) is 2.62. The minimum Gasteiger partial charge on any atom is -0.357 e. The number of hydrogen-bond donors (Lipinski definition) is 1. The number of amidine groups is 1. The minimum absolute atomic E-state index is 0.676. The monoisotopic (exact) mass is 180 g/mol. The zero-order valence-electron chi connectivity index (χ0n) is 8.71. The van der Waals surface area contributed by atoms with Gasteiger partial charge in [0.2, 0.25) is 0 Å². The first kappa shape index (κ1) is 9.04. The van der Waals surface area contributed by atoms with Gasteiger partial charge in [-0.15, -0.1) is 0 Å². The van der Waals surface area contributed by atoms with Crippen LogP contribution in [0.15, 0.2) is 0 Å². The van der Waals surface area contributed by atoms with Crippen molar-refractivity contribution in [2.75, 3.05) is 6.54 Å². The molecular weight excluding hydrogens is 160 g/mol. The standard InChI is InChI=1S/C11H20N2/c1-8(2)11(9-5-6-9)13-7-3-4-10(13)12/h8-9,11-12H,3-7H2,1-2H3. The van der Waals surface area contributed by atoms with E-state index in [9.17, 15) is 0 Å². The first-order valence-electron chi connectivity index (χ1n) is 5.54. The van der Waals surface area contributed by atoms with Crippen molar-refractivity contribution in [3.8, 4) is 0 Å². The molecule has 2 aliphatic rings. The van der Waals surface area contributed by atoms with E-state index in [-0.39, 0.29) is 0 Å². The van der Waals surface area contributed by atoms with E-state index in [0.717, 1.165) is 24.7 Å². The molecule has 2 fully saturated rings. The van der Waals surface area contributed by atoms with Crippen LogP contribution in [0.5, 0.6) is 0 Å². The summed E-state index contributed by atoms with van der Waals surface area (Å²) in [6.45, 7) is 5.74. The fourth-order valence-corrected chi connectivity index (χ4v) is 2.62. The lowest BCUT2D eigenvalue weighted by Crippen LogP contribution is -2.41. The van der Waals surface area contributed by atoms with Gasteiger partial charge in [0, 0.05) is 19.0 Å². The van der Waals surface area contributed by atoms with E-state index in [1.165, 1.54) is 19.3 Å². The summed E-state index contributed by atoms with van der Waals surface area (Å²) in [5, 5.41) is 7.88. The van der Waals surface area contributed by atoms with E-state index in [1.54, 1.807) is 0 Å². The first-order chi connectivity index (χ1) is 6.20. The average molecular weight is 180 g/mol. The Balaban J connectivity index is 2.05. The van der Waals surface area contributed by atoms with Gasteiger partial charge in [0.25, 0.3) is 0 Å². The maximum Gasteiger partial charge on any atom is 0.0961 e. The molecule has 1 atom stereocenters. The van der Waals surface area contributed by atoms with E-state index < -0.39 is 0 Å². The van der Waals surface area contributed by atoms with Crippen LogP contribution >= 0.6 is 0 Å². The molecule has 13 heavy (non-hydrogen) atoms. The second-order valence-corrected chi connectivity index (χ2v) is 4.82. The molecule has 0 amide bonds. The van der Waals surface area contributed by atoms with Crippen LogP contribution in [-0.4, -0.2) is 23.3 Å². The maximum atomic E-state index is 7.88. The summed E-state index contributed by atoms with van der Waals surface area (Å²) in [5.74, 6) is 2.51. The third-order valence-electron chi connectivity index (χ3n) is 3.31. The van der Waals surface area contributed by atoms with Crippen molar-refractivity contribution in [3.05, 3.63) is 0 Å². The van der Waals surface area contributed by atoms with Gasteiger partial charge in [-0.3, -0.25) is 5.41 Å². The second kappa shape index (κ2) is 3.32. The third-order valence-corrected chi connectivity index (χ3v) is 3.31. The third kappa shape index (κ3) is 1.72. The van der Waals surface area contributed by atoms with Crippen molar-refractivity contribution in [1.82, 2.24) is 4.90 Å². The Morgan fingerprint density at radius 1 is 1.38 bits per heavy atom. The molecule has 0 bridgehead atoms. The van der Waals surface area contributed by atoms with Gasteiger partial charge in [-0.2, -0.15) is 0 Å². The smallest absolute Gasteiger partial charge is 0.0961 e. The highest BCUT2D eigenvalue weighted by Gasteiger charge is 2.39. The Bertz CT molecular complexity index is 204. The van der Waals surface area contributed by atoms with Gasteiger partial charge >= 0.3 is 0 Å². The van der Waals surface area contributed by atoms with Crippen LogP contribution in [0.25, 0.3) is 0 Å². The molecule has 0 aromatic heterocycles. The number of nitrogens with one attached hydrogen (secondary N) is 1. The second-order valence-electron chi connectivity index (χ2n) is 4.82. The fraction of sp³-hybridized carbons (Fsp3) is 0.909. The average Bonchev–Trinajstić information content (AvgIpc) is 2.78. The van der Waals surface area contributed by atoms with Crippen molar-refractivity contribution in [3.63, 3.8) is 0 Å². The molecule has 2 nitrogen and oxygen atoms in total. The summed E-state index contributed by atoms with van der Waals surface area (Å²) in [6, 6.07) is 0.676. The zero-order valence-corrected chi connectivity index (χ0v) is 8.71. The van der Waals surface area contributed by atoms with Crippen LogP contribution < -0.4 is 0 Å².